The highest BCUT2D eigenvalue weighted by atomic mass is 79.9. The maximum Gasteiger partial charge on any atom is 0.0958 e. The first-order valence-electron chi connectivity index (χ1n) is 8.06. The lowest BCUT2D eigenvalue weighted by molar-refractivity contribution is 0.250. The van der Waals surface area contributed by atoms with Crippen LogP contribution in [-0.2, 0) is 0 Å². The SMILES string of the molecule is Brc1ccc(N2C=CN(CN3C=CN(c4ccc(Br)cc4)C3)C2)cc1. The van der Waals surface area contributed by atoms with Gasteiger partial charge in [0.1, 0.15) is 0 Å². The average Bonchev–Trinajstić information content (AvgIpc) is 3.27. The Bertz CT molecular complexity index is 719. The minimum absolute atomic E-state index is 0.865. The highest BCUT2D eigenvalue weighted by Gasteiger charge is 2.19. The van der Waals surface area contributed by atoms with Gasteiger partial charge in [0.25, 0.3) is 0 Å². The van der Waals surface area contributed by atoms with Crippen LogP contribution in [0.3, 0.4) is 0 Å². The Morgan fingerprint density at radius 2 is 1.00 bits per heavy atom. The first-order valence-corrected chi connectivity index (χ1v) is 9.65. The van der Waals surface area contributed by atoms with Crippen LogP contribution in [0.1, 0.15) is 0 Å². The summed E-state index contributed by atoms with van der Waals surface area (Å²) in [4.78, 5) is 9.10. The molecular formula is C19H18Br2N4. The lowest BCUT2D eigenvalue weighted by Crippen LogP contribution is -2.35. The van der Waals surface area contributed by atoms with Crippen molar-refractivity contribution in [1.29, 1.82) is 0 Å². The molecule has 0 spiro atoms. The van der Waals surface area contributed by atoms with Crippen LogP contribution in [-0.4, -0.2) is 29.8 Å². The van der Waals surface area contributed by atoms with Gasteiger partial charge in [-0.25, -0.2) is 0 Å². The normalized spacial score (nSPS) is 16.4. The highest BCUT2D eigenvalue weighted by Crippen LogP contribution is 2.24. The molecule has 6 heteroatoms. The van der Waals surface area contributed by atoms with Crippen LogP contribution in [0.4, 0.5) is 11.4 Å². The van der Waals surface area contributed by atoms with Crippen LogP contribution in [0.25, 0.3) is 0 Å². The molecule has 0 atom stereocenters. The molecule has 0 fully saturated rings. The molecule has 2 aliphatic heterocycles. The van der Waals surface area contributed by atoms with Crippen molar-refractivity contribution in [3.05, 3.63) is 82.3 Å². The molecule has 4 nitrogen and oxygen atoms in total. The fourth-order valence-corrected chi connectivity index (χ4v) is 3.48. The second-order valence-corrected chi connectivity index (χ2v) is 7.92. The van der Waals surface area contributed by atoms with E-state index < -0.39 is 0 Å². The van der Waals surface area contributed by atoms with Gasteiger partial charge in [0.15, 0.2) is 0 Å². The molecule has 0 bridgehead atoms. The smallest absolute Gasteiger partial charge is 0.0958 e. The molecular weight excluding hydrogens is 444 g/mol. The molecule has 0 N–H and O–H groups in total. The van der Waals surface area contributed by atoms with E-state index in [0.29, 0.717) is 0 Å². The molecule has 0 aliphatic carbocycles. The van der Waals surface area contributed by atoms with E-state index in [2.05, 4.69) is 125 Å². The molecule has 2 aromatic rings. The minimum atomic E-state index is 0.865. The number of hydrogen-bond acceptors (Lipinski definition) is 4. The van der Waals surface area contributed by atoms with E-state index in [-0.39, 0.29) is 0 Å². The Morgan fingerprint density at radius 3 is 1.40 bits per heavy atom. The summed E-state index contributed by atoms with van der Waals surface area (Å²) < 4.78 is 2.21. The number of nitrogens with zero attached hydrogens (tertiary/aromatic N) is 4. The van der Waals surface area contributed by atoms with E-state index in [1.165, 1.54) is 11.4 Å². The fraction of sp³-hybridized carbons (Fsp3) is 0.158. The van der Waals surface area contributed by atoms with Gasteiger partial charge in [-0.05, 0) is 48.5 Å². The predicted octanol–water partition coefficient (Wildman–Crippen LogP) is 4.97. The third-order valence-corrected chi connectivity index (χ3v) is 5.32. The average molecular weight is 462 g/mol. The van der Waals surface area contributed by atoms with E-state index in [1.54, 1.807) is 0 Å². The quantitative estimate of drug-likeness (QED) is 0.637. The second-order valence-electron chi connectivity index (χ2n) is 6.09. The zero-order valence-corrected chi connectivity index (χ0v) is 16.8. The van der Waals surface area contributed by atoms with Gasteiger partial charge < -0.3 is 19.6 Å². The van der Waals surface area contributed by atoms with Crippen molar-refractivity contribution in [2.75, 3.05) is 29.8 Å². The van der Waals surface area contributed by atoms with E-state index in [9.17, 15) is 0 Å². The topological polar surface area (TPSA) is 13.0 Å². The fourth-order valence-electron chi connectivity index (χ4n) is 2.95. The van der Waals surface area contributed by atoms with Crippen LogP contribution >= 0.6 is 31.9 Å². The van der Waals surface area contributed by atoms with Crippen LogP contribution < -0.4 is 9.80 Å². The van der Waals surface area contributed by atoms with Crippen molar-refractivity contribution in [2.45, 2.75) is 0 Å². The van der Waals surface area contributed by atoms with E-state index in [4.69, 9.17) is 0 Å². The standard InChI is InChI=1S/C19H18Br2N4/c20-16-1-5-18(6-2-16)24-11-9-22(14-24)13-23-10-12-25(15-23)19-7-3-17(21)4-8-19/h1-12H,13-15H2. The monoisotopic (exact) mass is 460 g/mol. The Morgan fingerprint density at radius 1 is 0.600 bits per heavy atom. The van der Waals surface area contributed by atoms with Crippen molar-refractivity contribution in [3.8, 4) is 0 Å². The van der Waals surface area contributed by atoms with Crippen LogP contribution in [0.5, 0.6) is 0 Å². The molecule has 128 valence electrons. The number of benzene rings is 2. The van der Waals surface area contributed by atoms with Gasteiger partial charge in [0, 0.05) is 45.1 Å². The van der Waals surface area contributed by atoms with E-state index >= 15 is 0 Å². The van der Waals surface area contributed by atoms with Gasteiger partial charge in [-0.15, -0.1) is 0 Å². The van der Waals surface area contributed by atoms with E-state index in [0.717, 1.165) is 29.0 Å². The van der Waals surface area contributed by atoms with Crippen LogP contribution in [0.15, 0.2) is 82.3 Å². The van der Waals surface area contributed by atoms with Crippen molar-refractivity contribution in [2.24, 2.45) is 0 Å². The van der Waals surface area contributed by atoms with Gasteiger partial charge in [0.05, 0.1) is 20.0 Å². The van der Waals surface area contributed by atoms with Crippen LogP contribution in [0.2, 0.25) is 0 Å². The molecule has 0 amide bonds. The number of halogens is 2. The molecule has 0 radical (unpaired) electrons. The molecule has 25 heavy (non-hydrogen) atoms. The Labute approximate surface area is 164 Å². The minimum Gasteiger partial charge on any atom is -0.341 e. The number of anilines is 2. The summed E-state index contributed by atoms with van der Waals surface area (Å²) in [6.07, 6.45) is 8.57. The molecule has 0 saturated heterocycles. The maximum absolute atomic E-state index is 3.48. The summed E-state index contributed by atoms with van der Waals surface area (Å²) in [6, 6.07) is 16.8. The summed E-state index contributed by atoms with van der Waals surface area (Å²) in [5.41, 5.74) is 2.41. The van der Waals surface area contributed by atoms with Crippen LogP contribution in [0, 0.1) is 0 Å². The van der Waals surface area contributed by atoms with Crippen molar-refractivity contribution < 1.29 is 0 Å². The van der Waals surface area contributed by atoms with Crippen molar-refractivity contribution in [3.63, 3.8) is 0 Å². The summed E-state index contributed by atoms with van der Waals surface area (Å²) >= 11 is 6.97. The molecule has 2 aromatic carbocycles. The van der Waals surface area contributed by atoms with Gasteiger partial charge in [-0.2, -0.15) is 0 Å². The molecule has 0 unspecified atom stereocenters. The lowest BCUT2D eigenvalue weighted by atomic mass is 10.3. The summed E-state index contributed by atoms with van der Waals surface area (Å²) in [5, 5.41) is 0. The van der Waals surface area contributed by atoms with Crippen molar-refractivity contribution in [1.82, 2.24) is 9.80 Å². The Hall–Kier alpha value is -1.92. The summed E-state index contributed by atoms with van der Waals surface area (Å²) in [5.74, 6) is 0. The summed E-state index contributed by atoms with van der Waals surface area (Å²) in [6.45, 7) is 2.60. The molecule has 2 aliphatic rings. The van der Waals surface area contributed by atoms with Crippen molar-refractivity contribution >= 4 is 43.2 Å². The second kappa shape index (κ2) is 7.14. The summed E-state index contributed by atoms with van der Waals surface area (Å²) in [7, 11) is 0. The van der Waals surface area contributed by atoms with Gasteiger partial charge in [-0.1, -0.05) is 31.9 Å². The highest BCUT2D eigenvalue weighted by molar-refractivity contribution is 9.10. The Kier molecular flexibility index (Phi) is 4.72. The zero-order valence-electron chi connectivity index (χ0n) is 13.6. The lowest BCUT2D eigenvalue weighted by Gasteiger charge is -2.27. The molecule has 0 saturated carbocycles. The first kappa shape index (κ1) is 16.5. The third kappa shape index (κ3) is 3.85. The van der Waals surface area contributed by atoms with Gasteiger partial charge in [0.2, 0.25) is 0 Å². The number of rotatable bonds is 4. The third-order valence-electron chi connectivity index (χ3n) is 4.26. The predicted molar refractivity (Wildman–Crippen MR) is 110 cm³/mol. The van der Waals surface area contributed by atoms with E-state index in [1.807, 2.05) is 0 Å². The molecule has 2 heterocycles. The largest absolute Gasteiger partial charge is 0.341 e. The molecule has 4 rings (SSSR count). The zero-order chi connectivity index (χ0) is 17.2. The first-order chi connectivity index (χ1) is 12.2. The molecule has 0 aromatic heterocycles. The van der Waals surface area contributed by atoms with Gasteiger partial charge >= 0.3 is 0 Å². The Balaban J connectivity index is 1.32. The van der Waals surface area contributed by atoms with Gasteiger partial charge in [-0.3, -0.25) is 0 Å². The number of hydrogen-bond donors (Lipinski definition) is 0. The maximum atomic E-state index is 3.48.